The van der Waals surface area contributed by atoms with Gasteiger partial charge in [0.05, 0.1) is 20.3 Å². The quantitative estimate of drug-likeness (QED) is 0.779. The highest BCUT2D eigenvalue weighted by Gasteiger charge is 2.12. The molecule has 0 fully saturated rings. The van der Waals surface area contributed by atoms with Crippen molar-refractivity contribution in [2.45, 2.75) is 19.5 Å². The zero-order valence-corrected chi connectivity index (χ0v) is 15.5. The first kappa shape index (κ1) is 18.1. The van der Waals surface area contributed by atoms with E-state index in [1.807, 2.05) is 49.4 Å². The number of urea groups is 1. The Bertz CT molecular complexity index is 706. The highest BCUT2D eigenvalue weighted by Crippen LogP contribution is 2.29. The van der Waals surface area contributed by atoms with Crippen molar-refractivity contribution in [3.63, 3.8) is 0 Å². The van der Waals surface area contributed by atoms with E-state index in [1.165, 1.54) is 0 Å². The second-order valence-electron chi connectivity index (χ2n) is 5.29. The molecule has 0 aliphatic heterocycles. The topological polar surface area (TPSA) is 59.6 Å². The smallest absolute Gasteiger partial charge is 0.315 e. The molecule has 2 aromatic rings. The summed E-state index contributed by atoms with van der Waals surface area (Å²) >= 11 is 3.41. The van der Waals surface area contributed by atoms with Crippen LogP contribution in [0.15, 0.2) is 46.9 Å². The first-order valence-electron chi connectivity index (χ1n) is 7.54. The molecule has 5 nitrogen and oxygen atoms in total. The van der Waals surface area contributed by atoms with Gasteiger partial charge in [0.1, 0.15) is 0 Å². The minimum Gasteiger partial charge on any atom is -0.493 e. The van der Waals surface area contributed by atoms with Crippen molar-refractivity contribution in [3.05, 3.63) is 58.1 Å². The number of methoxy groups -OCH3 is 2. The molecule has 0 bridgehead atoms. The Balaban J connectivity index is 1.93. The number of carbonyl (C=O) groups excluding carboxylic acids is 1. The molecule has 0 saturated carbocycles. The van der Waals surface area contributed by atoms with Crippen LogP contribution in [0.4, 0.5) is 4.79 Å². The minimum atomic E-state index is -0.225. The second-order valence-corrected chi connectivity index (χ2v) is 6.21. The summed E-state index contributed by atoms with van der Waals surface area (Å²) in [6.07, 6.45) is 0. The molecule has 0 heterocycles. The molecule has 2 rings (SSSR count). The van der Waals surface area contributed by atoms with Gasteiger partial charge in [0.2, 0.25) is 0 Å². The van der Waals surface area contributed by atoms with Crippen LogP contribution in [0.25, 0.3) is 0 Å². The van der Waals surface area contributed by atoms with E-state index in [-0.39, 0.29) is 12.1 Å². The SMILES string of the molecule is COc1ccc(C(C)NC(=O)NCc2cccc(Br)c2)cc1OC. The Morgan fingerprint density at radius 1 is 1.12 bits per heavy atom. The monoisotopic (exact) mass is 392 g/mol. The summed E-state index contributed by atoms with van der Waals surface area (Å²) in [7, 11) is 3.18. The molecule has 1 atom stereocenters. The fourth-order valence-electron chi connectivity index (χ4n) is 2.28. The Morgan fingerprint density at radius 3 is 2.54 bits per heavy atom. The summed E-state index contributed by atoms with van der Waals surface area (Å²) in [4.78, 5) is 12.1. The standard InChI is InChI=1S/C18H21BrN2O3/c1-12(14-7-8-16(23-2)17(10-14)24-3)21-18(22)20-11-13-5-4-6-15(19)9-13/h4-10,12H,11H2,1-3H3,(H2,20,21,22). The molecule has 6 heteroatoms. The Kier molecular flexibility index (Phi) is 6.49. The molecule has 1 unspecified atom stereocenters. The lowest BCUT2D eigenvalue weighted by molar-refractivity contribution is 0.237. The number of rotatable bonds is 6. The molecular formula is C18H21BrN2O3. The van der Waals surface area contributed by atoms with Crippen LogP contribution in [0, 0.1) is 0 Å². The van der Waals surface area contributed by atoms with Gasteiger partial charge in [-0.3, -0.25) is 0 Å². The van der Waals surface area contributed by atoms with E-state index in [0.29, 0.717) is 18.0 Å². The molecule has 0 aromatic heterocycles. The molecule has 2 amide bonds. The molecule has 2 aromatic carbocycles. The van der Waals surface area contributed by atoms with Gasteiger partial charge >= 0.3 is 6.03 Å². The zero-order valence-electron chi connectivity index (χ0n) is 13.9. The van der Waals surface area contributed by atoms with Crippen molar-refractivity contribution in [2.75, 3.05) is 14.2 Å². The van der Waals surface area contributed by atoms with Gasteiger partial charge < -0.3 is 20.1 Å². The molecule has 24 heavy (non-hydrogen) atoms. The third-order valence-corrected chi connectivity index (χ3v) is 4.09. The number of halogens is 1. The lowest BCUT2D eigenvalue weighted by Gasteiger charge is -2.17. The average Bonchev–Trinajstić information content (AvgIpc) is 2.59. The van der Waals surface area contributed by atoms with E-state index in [4.69, 9.17) is 9.47 Å². The van der Waals surface area contributed by atoms with Gasteiger partial charge in [0, 0.05) is 11.0 Å². The van der Waals surface area contributed by atoms with E-state index in [0.717, 1.165) is 15.6 Å². The second kappa shape index (κ2) is 8.59. The van der Waals surface area contributed by atoms with Gasteiger partial charge in [-0.25, -0.2) is 4.79 Å². The third kappa shape index (κ3) is 4.89. The van der Waals surface area contributed by atoms with Crippen molar-refractivity contribution in [1.29, 1.82) is 0 Å². The van der Waals surface area contributed by atoms with Crippen LogP contribution >= 0.6 is 15.9 Å². The number of carbonyl (C=O) groups is 1. The normalized spacial score (nSPS) is 11.5. The maximum Gasteiger partial charge on any atom is 0.315 e. The van der Waals surface area contributed by atoms with E-state index in [1.54, 1.807) is 14.2 Å². The summed E-state index contributed by atoms with van der Waals surface area (Å²) < 4.78 is 11.5. The van der Waals surface area contributed by atoms with Crippen LogP contribution < -0.4 is 20.1 Å². The van der Waals surface area contributed by atoms with Crippen molar-refractivity contribution < 1.29 is 14.3 Å². The van der Waals surface area contributed by atoms with Gasteiger partial charge in [0.25, 0.3) is 0 Å². The summed E-state index contributed by atoms with van der Waals surface area (Å²) in [5.41, 5.74) is 1.96. The minimum absolute atomic E-state index is 0.160. The molecule has 0 saturated heterocycles. The Labute approximate surface area is 150 Å². The van der Waals surface area contributed by atoms with E-state index in [2.05, 4.69) is 26.6 Å². The maximum atomic E-state index is 12.1. The highest BCUT2D eigenvalue weighted by atomic mass is 79.9. The first-order valence-corrected chi connectivity index (χ1v) is 8.33. The lowest BCUT2D eigenvalue weighted by Crippen LogP contribution is -2.36. The van der Waals surface area contributed by atoms with Crippen LogP contribution in [0.3, 0.4) is 0 Å². The van der Waals surface area contributed by atoms with Gasteiger partial charge in [-0.1, -0.05) is 34.1 Å². The van der Waals surface area contributed by atoms with Crippen molar-refractivity contribution >= 4 is 22.0 Å². The van der Waals surface area contributed by atoms with E-state index >= 15 is 0 Å². The summed E-state index contributed by atoms with van der Waals surface area (Å²) in [6, 6.07) is 13.0. The third-order valence-electron chi connectivity index (χ3n) is 3.60. The van der Waals surface area contributed by atoms with E-state index in [9.17, 15) is 4.79 Å². The molecule has 0 aliphatic rings. The number of hydrogen-bond acceptors (Lipinski definition) is 3. The van der Waals surface area contributed by atoms with Crippen molar-refractivity contribution in [1.82, 2.24) is 10.6 Å². The van der Waals surface area contributed by atoms with E-state index < -0.39 is 0 Å². The van der Waals surface area contributed by atoms with Crippen LogP contribution in [0.2, 0.25) is 0 Å². The zero-order chi connectivity index (χ0) is 17.5. The molecule has 0 radical (unpaired) electrons. The predicted octanol–water partition coefficient (Wildman–Crippen LogP) is 4.03. The number of hydrogen-bond donors (Lipinski definition) is 2. The van der Waals surface area contributed by atoms with Gasteiger partial charge in [-0.05, 0) is 42.3 Å². The number of ether oxygens (including phenoxy) is 2. The van der Waals surface area contributed by atoms with Crippen LogP contribution in [-0.4, -0.2) is 20.3 Å². The molecule has 0 spiro atoms. The van der Waals surface area contributed by atoms with Crippen molar-refractivity contribution in [3.8, 4) is 11.5 Å². The van der Waals surface area contributed by atoms with Crippen LogP contribution in [-0.2, 0) is 6.54 Å². The Morgan fingerprint density at radius 2 is 1.88 bits per heavy atom. The summed E-state index contributed by atoms with van der Waals surface area (Å²) in [5.74, 6) is 1.30. The predicted molar refractivity (Wildman–Crippen MR) is 97.5 cm³/mol. The average molecular weight is 393 g/mol. The fraction of sp³-hybridized carbons (Fsp3) is 0.278. The van der Waals surface area contributed by atoms with Crippen molar-refractivity contribution in [2.24, 2.45) is 0 Å². The molecular weight excluding hydrogens is 372 g/mol. The van der Waals surface area contributed by atoms with Gasteiger partial charge in [-0.2, -0.15) is 0 Å². The van der Waals surface area contributed by atoms with Gasteiger partial charge in [0.15, 0.2) is 11.5 Å². The molecule has 128 valence electrons. The highest BCUT2D eigenvalue weighted by molar-refractivity contribution is 9.10. The van der Waals surface area contributed by atoms with Crippen LogP contribution in [0.5, 0.6) is 11.5 Å². The number of benzene rings is 2. The molecule has 2 N–H and O–H groups in total. The number of amides is 2. The fourth-order valence-corrected chi connectivity index (χ4v) is 2.73. The van der Waals surface area contributed by atoms with Gasteiger partial charge in [-0.15, -0.1) is 0 Å². The maximum absolute atomic E-state index is 12.1. The molecule has 0 aliphatic carbocycles. The summed E-state index contributed by atoms with van der Waals surface area (Å²) in [6.45, 7) is 2.38. The first-order chi connectivity index (χ1) is 11.5. The Hall–Kier alpha value is -2.21. The largest absolute Gasteiger partial charge is 0.493 e. The lowest BCUT2D eigenvalue weighted by atomic mass is 10.1. The van der Waals surface area contributed by atoms with Crippen LogP contribution in [0.1, 0.15) is 24.1 Å². The summed E-state index contributed by atoms with van der Waals surface area (Å²) in [5, 5.41) is 5.76. The number of nitrogens with one attached hydrogen (secondary N) is 2.